The third-order valence-corrected chi connectivity index (χ3v) is 5.77. The predicted octanol–water partition coefficient (Wildman–Crippen LogP) is 3.87. The molecule has 1 saturated heterocycles. The highest BCUT2D eigenvalue weighted by Gasteiger charge is 2.36. The number of carbonyl (C=O) groups excluding carboxylic acids is 4. The van der Waals surface area contributed by atoms with Gasteiger partial charge in [-0.25, -0.2) is 4.79 Å². The zero-order valence-corrected chi connectivity index (χ0v) is 19.1. The van der Waals surface area contributed by atoms with Gasteiger partial charge < -0.3 is 15.0 Å². The number of hydrogen-bond acceptors (Lipinski definition) is 7. The summed E-state index contributed by atoms with van der Waals surface area (Å²) in [6.45, 7) is -0.461. The normalized spacial score (nSPS) is 14.6. The molecular weight excluding hydrogens is 454 g/mol. The van der Waals surface area contributed by atoms with E-state index in [-0.39, 0.29) is 21.2 Å². The van der Waals surface area contributed by atoms with Gasteiger partial charge in [0.15, 0.2) is 0 Å². The number of carbonyl (C=O) groups is 4. The molecule has 1 N–H and O–H groups in total. The molecule has 2 aromatic rings. The monoisotopic (exact) mass is 473 g/mol. The fourth-order valence-corrected chi connectivity index (χ4v) is 3.90. The van der Waals surface area contributed by atoms with Crippen LogP contribution in [-0.2, 0) is 14.3 Å². The first kappa shape index (κ1) is 23.4. The number of halogens is 1. The number of hydrogen-bond donors (Lipinski definition) is 1. The van der Waals surface area contributed by atoms with Crippen molar-refractivity contribution < 1.29 is 23.9 Å². The number of esters is 1. The molecular formula is C22H20ClN3O5S. The number of thioether (sulfide) groups is 1. The molecule has 0 atom stereocenters. The number of nitrogens with one attached hydrogen (secondary N) is 1. The summed E-state index contributed by atoms with van der Waals surface area (Å²) in [5.74, 6) is -1.79. The Bertz CT molecular complexity index is 1120. The van der Waals surface area contributed by atoms with Crippen LogP contribution in [0, 0.1) is 0 Å². The van der Waals surface area contributed by atoms with E-state index in [4.69, 9.17) is 11.6 Å². The number of amides is 3. The van der Waals surface area contributed by atoms with Gasteiger partial charge in [-0.1, -0.05) is 23.7 Å². The Balaban J connectivity index is 1.69. The molecule has 1 fully saturated rings. The highest BCUT2D eigenvalue weighted by Crippen LogP contribution is 2.32. The van der Waals surface area contributed by atoms with E-state index in [0.717, 1.165) is 27.9 Å². The van der Waals surface area contributed by atoms with E-state index in [1.54, 1.807) is 6.08 Å². The smallest absolute Gasteiger partial charge is 0.339 e. The van der Waals surface area contributed by atoms with Gasteiger partial charge in [0.1, 0.15) is 6.54 Å². The van der Waals surface area contributed by atoms with E-state index in [1.165, 1.54) is 25.3 Å². The zero-order chi connectivity index (χ0) is 23.4. The lowest BCUT2D eigenvalue weighted by Crippen LogP contribution is -2.36. The van der Waals surface area contributed by atoms with Gasteiger partial charge in [-0.15, -0.1) is 0 Å². The first-order valence-corrected chi connectivity index (χ1v) is 10.6. The minimum Gasteiger partial charge on any atom is -0.465 e. The molecule has 0 aromatic heterocycles. The van der Waals surface area contributed by atoms with Crippen LogP contribution >= 0.6 is 23.4 Å². The van der Waals surface area contributed by atoms with Crippen molar-refractivity contribution in [2.75, 3.05) is 38.0 Å². The molecule has 10 heteroatoms. The lowest BCUT2D eigenvalue weighted by molar-refractivity contribution is -0.127. The summed E-state index contributed by atoms with van der Waals surface area (Å²) < 4.78 is 4.65. The molecule has 1 heterocycles. The molecule has 0 aliphatic carbocycles. The van der Waals surface area contributed by atoms with Crippen molar-refractivity contribution >= 4 is 63.8 Å². The zero-order valence-electron chi connectivity index (χ0n) is 17.5. The van der Waals surface area contributed by atoms with Crippen LogP contribution in [0.4, 0.5) is 16.2 Å². The van der Waals surface area contributed by atoms with Crippen molar-refractivity contribution in [2.45, 2.75) is 0 Å². The lowest BCUT2D eigenvalue weighted by atomic mass is 10.2. The van der Waals surface area contributed by atoms with Gasteiger partial charge in [0.2, 0.25) is 5.91 Å². The van der Waals surface area contributed by atoms with Crippen LogP contribution in [0.15, 0.2) is 47.4 Å². The third kappa shape index (κ3) is 5.30. The number of benzene rings is 2. The van der Waals surface area contributed by atoms with Crippen molar-refractivity contribution in [1.82, 2.24) is 4.90 Å². The number of ether oxygens (including phenoxy) is 1. The van der Waals surface area contributed by atoms with E-state index >= 15 is 0 Å². The maximum atomic E-state index is 12.7. The molecule has 3 rings (SSSR count). The van der Waals surface area contributed by atoms with E-state index in [1.807, 2.05) is 43.3 Å². The summed E-state index contributed by atoms with van der Waals surface area (Å²) in [7, 11) is 5.06. The van der Waals surface area contributed by atoms with Crippen LogP contribution in [0.1, 0.15) is 15.9 Å². The Morgan fingerprint density at radius 2 is 1.84 bits per heavy atom. The minimum absolute atomic E-state index is 0.0846. The van der Waals surface area contributed by atoms with Gasteiger partial charge in [0, 0.05) is 25.5 Å². The number of methoxy groups -OCH3 is 1. The Hall–Kier alpha value is -3.30. The second kappa shape index (κ2) is 9.88. The van der Waals surface area contributed by atoms with Crippen LogP contribution in [0.3, 0.4) is 0 Å². The Morgan fingerprint density at radius 1 is 1.16 bits per heavy atom. The van der Waals surface area contributed by atoms with E-state index in [9.17, 15) is 19.2 Å². The fraction of sp³-hybridized carbons (Fsp3) is 0.182. The molecule has 8 nitrogen and oxygen atoms in total. The Kier molecular flexibility index (Phi) is 7.22. The topological polar surface area (TPSA) is 96.0 Å². The molecule has 3 amide bonds. The molecule has 0 saturated carbocycles. The molecule has 0 spiro atoms. The van der Waals surface area contributed by atoms with Gasteiger partial charge in [-0.05, 0) is 53.7 Å². The van der Waals surface area contributed by atoms with Crippen LogP contribution in [-0.4, -0.2) is 55.7 Å². The predicted molar refractivity (Wildman–Crippen MR) is 125 cm³/mol. The average Bonchev–Trinajstić information content (AvgIpc) is 3.02. The largest absolute Gasteiger partial charge is 0.465 e. The van der Waals surface area contributed by atoms with E-state index in [0.29, 0.717) is 0 Å². The molecule has 0 bridgehead atoms. The van der Waals surface area contributed by atoms with Crippen molar-refractivity contribution in [3.8, 4) is 0 Å². The van der Waals surface area contributed by atoms with Crippen LogP contribution in [0.25, 0.3) is 6.08 Å². The van der Waals surface area contributed by atoms with E-state index < -0.39 is 29.6 Å². The fourth-order valence-electron chi connectivity index (χ4n) is 2.87. The quantitative estimate of drug-likeness (QED) is 0.502. The number of nitrogens with zero attached hydrogens (tertiary/aromatic N) is 2. The second-order valence-corrected chi connectivity index (χ2v) is 8.39. The molecule has 1 aliphatic rings. The summed E-state index contributed by atoms with van der Waals surface area (Å²) >= 11 is 6.74. The van der Waals surface area contributed by atoms with Crippen LogP contribution < -0.4 is 10.2 Å². The molecule has 2 aromatic carbocycles. The van der Waals surface area contributed by atoms with E-state index in [2.05, 4.69) is 10.1 Å². The van der Waals surface area contributed by atoms with Crippen LogP contribution in [0.2, 0.25) is 5.02 Å². The second-order valence-electron chi connectivity index (χ2n) is 6.99. The summed E-state index contributed by atoms with van der Waals surface area (Å²) in [6.07, 6.45) is 1.62. The number of anilines is 2. The summed E-state index contributed by atoms with van der Waals surface area (Å²) in [4.78, 5) is 52.2. The van der Waals surface area contributed by atoms with Crippen molar-refractivity contribution in [2.24, 2.45) is 0 Å². The number of rotatable bonds is 6. The molecule has 0 radical (unpaired) electrons. The first-order chi connectivity index (χ1) is 15.2. The average molecular weight is 474 g/mol. The highest BCUT2D eigenvalue weighted by molar-refractivity contribution is 8.18. The first-order valence-electron chi connectivity index (χ1n) is 9.40. The van der Waals surface area contributed by atoms with Gasteiger partial charge in [0.25, 0.3) is 11.1 Å². The third-order valence-electron chi connectivity index (χ3n) is 4.54. The lowest BCUT2D eigenvalue weighted by Gasteiger charge is -2.13. The van der Waals surface area contributed by atoms with Crippen molar-refractivity contribution in [1.29, 1.82) is 0 Å². The minimum atomic E-state index is -0.652. The molecule has 32 heavy (non-hydrogen) atoms. The van der Waals surface area contributed by atoms with Crippen molar-refractivity contribution in [3.05, 3.63) is 63.5 Å². The summed E-state index contributed by atoms with van der Waals surface area (Å²) in [5.41, 5.74) is 2.14. The SMILES string of the molecule is COC(=O)c1cc(NC(=O)CN2C(=O)S/C(=C/c3ccc(N(C)C)cc3)C2=O)ccc1Cl. The maximum Gasteiger partial charge on any atom is 0.339 e. The van der Waals surface area contributed by atoms with Crippen molar-refractivity contribution in [3.63, 3.8) is 0 Å². The van der Waals surface area contributed by atoms with Gasteiger partial charge in [-0.3, -0.25) is 19.3 Å². The molecule has 1 aliphatic heterocycles. The molecule has 0 unspecified atom stereocenters. The maximum absolute atomic E-state index is 12.7. The standard InChI is InChI=1S/C22H20ClN3O5S/c1-25(2)15-7-4-13(5-8-15)10-18-20(28)26(22(30)32-18)12-19(27)24-14-6-9-17(23)16(11-14)21(29)31-3/h4-11H,12H2,1-3H3,(H,24,27)/b18-10+. The number of imide groups is 1. The highest BCUT2D eigenvalue weighted by atomic mass is 35.5. The Morgan fingerprint density at radius 3 is 2.47 bits per heavy atom. The van der Waals surface area contributed by atoms with Gasteiger partial charge in [-0.2, -0.15) is 0 Å². The Labute approximate surface area is 194 Å². The van der Waals surface area contributed by atoms with Gasteiger partial charge >= 0.3 is 5.97 Å². The summed E-state index contributed by atoms with van der Waals surface area (Å²) in [5, 5.41) is 2.19. The summed E-state index contributed by atoms with van der Waals surface area (Å²) in [6, 6.07) is 11.8. The van der Waals surface area contributed by atoms with Crippen LogP contribution in [0.5, 0.6) is 0 Å². The molecule has 166 valence electrons. The van der Waals surface area contributed by atoms with Gasteiger partial charge in [0.05, 0.1) is 22.6 Å².